The highest BCUT2D eigenvalue weighted by molar-refractivity contribution is 6.32. The van der Waals surface area contributed by atoms with Crippen LogP contribution in [0.25, 0.3) is 50.2 Å². The van der Waals surface area contributed by atoms with Crippen LogP contribution in [0, 0.1) is 20.8 Å². The number of carbonyl (C=O) groups excluding carboxylic acids is 1. The molecule has 72 heavy (non-hydrogen) atoms. The highest BCUT2D eigenvalue weighted by Gasteiger charge is 2.27. The van der Waals surface area contributed by atoms with Gasteiger partial charge in [-0.1, -0.05) is 89.4 Å². The zero-order valence-corrected chi connectivity index (χ0v) is 41.8. The Morgan fingerprint density at radius 3 is 1.65 bits per heavy atom. The number of pyridine rings is 3. The van der Waals surface area contributed by atoms with Gasteiger partial charge in [0.15, 0.2) is 6.29 Å². The van der Waals surface area contributed by atoms with Gasteiger partial charge in [-0.25, -0.2) is 29.0 Å². The van der Waals surface area contributed by atoms with E-state index in [4.69, 9.17) is 39.5 Å². The minimum atomic E-state index is -0.331. The van der Waals surface area contributed by atoms with Crippen LogP contribution < -0.4 is 0 Å². The first-order valence-electron chi connectivity index (χ1n) is 22.7. The van der Waals surface area contributed by atoms with Crippen molar-refractivity contribution in [3.05, 3.63) is 231 Å². The van der Waals surface area contributed by atoms with Gasteiger partial charge in [0, 0.05) is 83.6 Å². The molecule has 0 saturated carbocycles. The third kappa shape index (κ3) is 10.3. The summed E-state index contributed by atoms with van der Waals surface area (Å²) in [5.41, 5.74) is 12.3. The van der Waals surface area contributed by atoms with Gasteiger partial charge in [-0.2, -0.15) is 15.3 Å². The lowest BCUT2D eigenvalue weighted by Gasteiger charge is -2.15. The summed E-state index contributed by atoms with van der Waals surface area (Å²) in [4.78, 5) is 32.9. The number of nitrogens with one attached hydrogen (secondary N) is 3. The fourth-order valence-corrected chi connectivity index (χ4v) is 9.26. The Balaban J connectivity index is 0.000000125. The Labute approximate surface area is 429 Å². The highest BCUT2D eigenvalue weighted by Crippen LogP contribution is 2.37. The van der Waals surface area contributed by atoms with Gasteiger partial charge in [0.1, 0.15) is 38.5 Å². The number of rotatable bonds is 9. The second kappa shape index (κ2) is 22.3. The van der Waals surface area contributed by atoms with Gasteiger partial charge in [0.2, 0.25) is 0 Å². The number of fused-ring (bicyclic) bond motifs is 3. The number of carbonyl (C=O) groups is 1. The molecule has 3 N–H and O–H groups in total. The average molecular weight is 1010 g/mol. The summed E-state index contributed by atoms with van der Waals surface area (Å²) in [6.45, 7) is 5.70. The SMILES string of the molecule is COC(c1c(C)nn(-c2ccccc2)c1Cl)c1c[nH]c2ncccc12.Cc1nn(-c2ccccc2)c(Cl)c1C=O.Cc1nn(-c2ccccc2)c(Cl)c1Cc1c[nH]c2ncccc12.c1cnc2[nH]ccc2c1. The van der Waals surface area contributed by atoms with Crippen molar-refractivity contribution in [2.24, 2.45) is 0 Å². The summed E-state index contributed by atoms with van der Waals surface area (Å²) in [7, 11) is 1.68. The van der Waals surface area contributed by atoms with Gasteiger partial charge in [-0.3, -0.25) is 4.79 Å². The first kappa shape index (κ1) is 48.9. The molecular weight excluding hydrogens is 967 g/mol. The molecule has 9 heterocycles. The summed E-state index contributed by atoms with van der Waals surface area (Å²) in [5.74, 6) is 0. The molecule has 12 aromatic rings. The van der Waals surface area contributed by atoms with E-state index in [0.29, 0.717) is 26.7 Å². The molecule has 0 spiro atoms. The third-order valence-corrected chi connectivity index (χ3v) is 12.9. The first-order chi connectivity index (χ1) is 35.1. The largest absolute Gasteiger partial charge is 0.372 e. The van der Waals surface area contributed by atoms with E-state index in [-0.39, 0.29) is 6.10 Å². The molecule has 1 unspecified atom stereocenters. The van der Waals surface area contributed by atoms with E-state index in [2.05, 4.69) is 51.3 Å². The summed E-state index contributed by atoms with van der Waals surface area (Å²) < 4.78 is 10.9. The quantitative estimate of drug-likeness (QED) is 0.120. The maximum absolute atomic E-state index is 10.8. The topological polar surface area (TPSA) is 166 Å². The number of aldehydes is 1. The summed E-state index contributed by atoms with van der Waals surface area (Å²) in [5, 5.41) is 18.3. The molecule has 3 aromatic carbocycles. The van der Waals surface area contributed by atoms with Gasteiger partial charge < -0.3 is 19.7 Å². The number of para-hydroxylation sites is 3. The number of aryl methyl sites for hydroxylation is 3. The van der Waals surface area contributed by atoms with E-state index < -0.39 is 0 Å². The van der Waals surface area contributed by atoms with Crippen molar-refractivity contribution in [2.45, 2.75) is 33.3 Å². The molecular formula is C55H47Cl3N12O2. The predicted molar refractivity (Wildman–Crippen MR) is 285 cm³/mol. The van der Waals surface area contributed by atoms with Crippen LogP contribution in [0.5, 0.6) is 0 Å². The molecule has 17 heteroatoms. The molecule has 0 aliphatic heterocycles. The molecule has 0 radical (unpaired) electrons. The van der Waals surface area contributed by atoms with E-state index in [0.717, 1.165) is 90.9 Å². The maximum Gasteiger partial charge on any atom is 0.155 e. The number of ether oxygens (including phenoxy) is 1. The van der Waals surface area contributed by atoms with Crippen molar-refractivity contribution in [1.82, 2.24) is 59.2 Å². The first-order valence-corrected chi connectivity index (χ1v) is 23.9. The Morgan fingerprint density at radius 2 is 1.07 bits per heavy atom. The summed E-state index contributed by atoms with van der Waals surface area (Å²) in [6, 6.07) is 43.1. The molecule has 0 saturated heterocycles. The minimum absolute atomic E-state index is 0.331. The number of H-pyrrole nitrogens is 3. The van der Waals surface area contributed by atoms with Crippen molar-refractivity contribution in [2.75, 3.05) is 7.11 Å². The molecule has 1 atom stereocenters. The number of benzene rings is 3. The standard InChI is InChI=1S/C19H17ClN4O.C18H15ClN4.C11H9ClN2O.C7H6N2/c1-12-16(18(20)24(23-12)13-7-4-3-5-8-13)17(25-2)15-11-22-19-14(15)9-6-10-21-19;1-12-16(10-13-11-21-18-15(13)8-5-9-20-18)17(19)23(22-12)14-6-3-2-4-7-14;1-8-10(7-15)11(12)14(13-8)9-5-3-2-4-6-9;1-2-6-3-5-9-7(6)8-4-1/h3-11,17H,1-2H3,(H,21,22);2-9,11H,10H2,1H3,(H,20,21);2-7H,1H3;1-5H,(H,8,9). The minimum Gasteiger partial charge on any atom is -0.372 e. The Morgan fingerprint density at radius 1 is 0.556 bits per heavy atom. The van der Waals surface area contributed by atoms with E-state index >= 15 is 0 Å². The number of halogens is 3. The number of aromatic nitrogens is 12. The Hall–Kier alpha value is -8.14. The summed E-state index contributed by atoms with van der Waals surface area (Å²) in [6.07, 6.45) is 12.2. The van der Waals surface area contributed by atoms with Crippen molar-refractivity contribution >= 4 is 74.2 Å². The normalized spacial score (nSPS) is 11.4. The second-order valence-corrected chi connectivity index (χ2v) is 17.4. The van der Waals surface area contributed by atoms with Crippen LogP contribution in [-0.2, 0) is 11.2 Å². The molecule has 14 nitrogen and oxygen atoms in total. The molecule has 9 aromatic heterocycles. The van der Waals surface area contributed by atoms with Crippen LogP contribution in [0.4, 0.5) is 0 Å². The van der Waals surface area contributed by atoms with E-state index in [9.17, 15) is 4.79 Å². The lowest BCUT2D eigenvalue weighted by atomic mass is 10.0. The maximum atomic E-state index is 10.8. The number of hydrogen-bond acceptors (Lipinski definition) is 8. The fourth-order valence-electron chi connectivity index (χ4n) is 8.23. The van der Waals surface area contributed by atoms with Crippen LogP contribution in [0.3, 0.4) is 0 Å². The number of aromatic amines is 3. The third-order valence-electron chi connectivity index (χ3n) is 11.8. The second-order valence-electron chi connectivity index (χ2n) is 16.4. The Kier molecular flexibility index (Phi) is 15.1. The van der Waals surface area contributed by atoms with Crippen molar-refractivity contribution in [1.29, 1.82) is 0 Å². The van der Waals surface area contributed by atoms with Crippen LogP contribution in [0.1, 0.15) is 55.8 Å². The molecule has 12 rings (SSSR count). The van der Waals surface area contributed by atoms with Gasteiger partial charge >= 0.3 is 0 Å². The molecule has 0 aliphatic carbocycles. The monoisotopic (exact) mass is 1010 g/mol. The van der Waals surface area contributed by atoms with Gasteiger partial charge in [-0.15, -0.1) is 0 Å². The van der Waals surface area contributed by atoms with Crippen molar-refractivity contribution < 1.29 is 9.53 Å². The fraction of sp³-hybridized carbons (Fsp3) is 0.109. The lowest BCUT2D eigenvalue weighted by Crippen LogP contribution is -2.05. The zero-order valence-electron chi connectivity index (χ0n) is 39.5. The Bertz CT molecular complexity index is 3700. The molecule has 0 aliphatic rings. The van der Waals surface area contributed by atoms with Gasteiger partial charge in [0.25, 0.3) is 0 Å². The smallest absolute Gasteiger partial charge is 0.155 e. The average Bonchev–Trinajstić information content (AvgIpc) is 4.30. The molecule has 360 valence electrons. The van der Waals surface area contributed by atoms with Crippen molar-refractivity contribution in [3.8, 4) is 17.1 Å². The van der Waals surface area contributed by atoms with Gasteiger partial charge in [-0.05, 0) is 105 Å². The van der Waals surface area contributed by atoms with Gasteiger partial charge in [0.05, 0.1) is 39.7 Å². The molecule has 0 bridgehead atoms. The zero-order chi connectivity index (χ0) is 50.1. The predicted octanol–water partition coefficient (Wildman–Crippen LogP) is 13.0. The number of methoxy groups -OCH3 is 1. The molecule has 0 fully saturated rings. The highest BCUT2D eigenvalue weighted by atomic mass is 35.5. The van der Waals surface area contributed by atoms with Crippen LogP contribution in [-0.4, -0.2) is 72.6 Å². The van der Waals surface area contributed by atoms with E-state index in [1.54, 1.807) is 46.7 Å². The van der Waals surface area contributed by atoms with Crippen LogP contribution in [0.15, 0.2) is 171 Å². The van der Waals surface area contributed by atoms with E-state index in [1.807, 2.05) is 160 Å². The molecule has 0 amide bonds. The number of nitrogens with zero attached hydrogens (tertiary/aromatic N) is 9. The summed E-state index contributed by atoms with van der Waals surface area (Å²) >= 11 is 19.3. The van der Waals surface area contributed by atoms with Crippen molar-refractivity contribution in [3.63, 3.8) is 0 Å². The number of hydrogen-bond donors (Lipinski definition) is 3. The van der Waals surface area contributed by atoms with Crippen LogP contribution >= 0.6 is 34.8 Å². The van der Waals surface area contributed by atoms with Crippen LogP contribution in [0.2, 0.25) is 15.5 Å². The lowest BCUT2D eigenvalue weighted by molar-refractivity contribution is 0.112. The van der Waals surface area contributed by atoms with E-state index in [1.165, 1.54) is 5.56 Å².